The largest absolute Gasteiger partial charge is 0.481 e. The van der Waals surface area contributed by atoms with E-state index in [1.54, 1.807) is 6.92 Å². The molecule has 0 aliphatic heterocycles. The molecule has 3 heteroatoms. The summed E-state index contributed by atoms with van der Waals surface area (Å²) in [6.07, 6.45) is 0.547. The van der Waals surface area contributed by atoms with Crippen LogP contribution < -0.4 is 0 Å². The highest BCUT2D eigenvalue weighted by Crippen LogP contribution is 2.10. The quantitative estimate of drug-likeness (QED) is 0.614. The molecule has 0 aliphatic rings. The van der Waals surface area contributed by atoms with Gasteiger partial charge in [-0.25, -0.2) is 0 Å². The molecule has 0 amide bonds. The maximum atomic E-state index is 10.3. The van der Waals surface area contributed by atoms with Crippen LogP contribution in [0.5, 0.6) is 0 Å². The van der Waals surface area contributed by atoms with Gasteiger partial charge in [0.05, 0.1) is 5.92 Å². The van der Waals surface area contributed by atoms with Gasteiger partial charge in [0.15, 0.2) is 0 Å². The van der Waals surface area contributed by atoms with Crippen LogP contribution in [0.3, 0.4) is 0 Å². The molecule has 0 aromatic heterocycles. The molecule has 0 rings (SSSR count). The third-order valence-electron chi connectivity index (χ3n) is 1.49. The highest BCUT2D eigenvalue weighted by Gasteiger charge is 2.13. The molecular weight excluding hydrogens is 132 g/mol. The van der Waals surface area contributed by atoms with Gasteiger partial charge in [-0.3, -0.25) is 4.79 Å². The average Bonchev–Trinajstić information content (AvgIpc) is 1.87. The lowest BCUT2D eigenvalue weighted by Gasteiger charge is -2.10. The Bertz CT molecular complexity index is 111. The predicted octanol–water partition coefficient (Wildman–Crippen LogP) is 0.726. The first-order valence-electron chi connectivity index (χ1n) is 3.41. The van der Waals surface area contributed by atoms with Crippen molar-refractivity contribution < 1.29 is 15.0 Å². The molecule has 0 unspecified atom stereocenters. The molecule has 0 aliphatic carbocycles. The zero-order valence-electron chi connectivity index (χ0n) is 6.37. The van der Waals surface area contributed by atoms with Crippen molar-refractivity contribution in [1.29, 1.82) is 0 Å². The normalized spacial score (nSPS) is 16.3. The Morgan fingerprint density at radius 1 is 1.50 bits per heavy atom. The van der Waals surface area contributed by atoms with Gasteiger partial charge in [-0.1, -0.05) is 13.8 Å². The highest BCUT2D eigenvalue weighted by molar-refractivity contribution is 5.69. The third-order valence-corrected chi connectivity index (χ3v) is 1.49. The SMILES string of the molecule is C[C@H](CO)C[C@@H](C)C(=O)O. The average molecular weight is 146 g/mol. The summed E-state index contributed by atoms with van der Waals surface area (Å²) in [7, 11) is 0. The lowest BCUT2D eigenvalue weighted by molar-refractivity contribution is -0.141. The minimum absolute atomic E-state index is 0.0671. The molecule has 3 nitrogen and oxygen atoms in total. The summed E-state index contributed by atoms with van der Waals surface area (Å²) in [6.45, 7) is 3.55. The van der Waals surface area contributed by atoms with E-state index in [2.05, 4.69) is 0 Å². The lowest BCUT2D eigenvalue weighted by Crippen LogP contribution is -2.14. The van der Waals surface area contributed by atoms with E-state index in [0.717, 1.165) is 0 Å². The van der Waals surface area contributed by atoms with Crippen molar-refractivity contribution in [3.63, 3.8) is 0 Å². The Hall–Kier alpha value is -0.570. The molecule has 0 aromatic rings. The van der Waals surface area contributed by atoms with Crippen molar-refractivity contribution >= 4 is 5.97 Å². The number of aliphatic hydroxyl groups excluding tert-OH is 1. The topological polar surface area (TPSA) is 57.5 Å². The van der Waals surface area contributed by atoms with Gasteiger partial charge >= 0.3 is 5.97 Å². The molecule has 2 N–H and O–H groups in total. The minimum atomic E-state index is -0.791. The van der Waals surface area contributed by atoms with Crippen molar-refractivity contribution in [2.75, 3.05) is 6.61 Å². The van der Waals surface area contributed by atoms with Gasteiger partial charge in [0.2, 0.25) is 0 Å². The molecule has 0 fully saturated rings. The summed E-state index contributed by atoms with van der Waals surface area (Å²) >= 11 is 0. The van der Waals surface area contributed by atoms with Gasteiger partial charge in [-0.15, -0.1) is 0 Å². The van der Waals surface area contributed by atoms with Gasteiger partial charge < -0.3 is 10.2 Å². The Balaban J connectivity index is 3.56. The molecule has 60 valence electrons. The van der Waals surface area contributed by atoms with E-state index < -0.39 is 5.97 Å². The van der Waals surface area contributed by atoms with Crippen LogP contribution in [0.2, 0.25) is 0 Å². The maximum Gasteiger partial charge on any atom is 0.306 e. The van der Waals surface area contributed by atoms with E-state index in [1.807, 2.05) is 6.92 Å². The van der Waals surface area contributed by atoms with E-state index in [4.69, 9.17) is 10.2 Å². The van der Waals surface area contributed by atoms with Crippen molar-refractivity contribution in [2.45, 2.75) is 20.3 Å². The van der Waals surface area contributed by atoms with E-state index in [0.29, 0.717) is 6.42 Å². The van der Waals surface area contributed by atoms with Gasteiger partial charge in [-0.05, 0) is 12.3 Å². The summed E-state index contributed by atoms with van der Waals surface area (Å²) in [5, 5.41) is 17.0. The second-order valence-corrected chi connectivity index (χ2v) is 2.76. The summed E-state index contributed by atoms with van der Waals surface area (Å²) < 4.78 is 0. The number of carboxylic acids is 1. The fourth-order valence-electron chi connectivity index (χ4n) is 0.779. The molecule has 0 saturated heterocycles. The van der Waals surface area contributed by atoms with Crippen LogP contribution >= 0.6 is 0 Å². The number of aliphatic hydroxyl groups is 1. The Kier molecular flexibility index (Phi) is 4.03. The standard InChI is InChI=1S/C7H14O3/c1-5(4-8)3-6(2)7(9)10/h5-6,8H,3-4H2,1-2H3,(H,9,10)/t5-,6+/m0/s1. The molecule has 0 saturated carbocycles. The van der Waals surface area contributed by atoms with Gasteiger partial charge in [0.25, 0.3) is 0 Å². The van der Waals surface area contributed by atoms with Crippen LogP contribution in [0.4, 0.5) is 0 Å². The number of rotatable bonds is 4. The van der Waals surface area contributed by atoms with Gasteiger partial charge in [-0.2, -0.15) is 0 Å². The van der Waals surface area contributed by atoms with Crippen LogP contribution in [0.15, 0.2) is 0 Å². The molecule has 10 heavy (non-hydrogen) atoms. The minimum Gasteiger partial charge on any atom is -0.481 e. The maximum absolute atomic E-state index is 10.3. The van der Waals surface area contributed by atoms with Crippen molar-refractivity contribution in [3.8, 4) is 0 Å². The van der Waals surface area contributed by atoms with E-state index in [9.17, 15) is 4.79 Å². The Morgan fingerprint density at radius 3 is 2.30 bits per heavy atom. The first kappa shape index (κ1) is 9.43. The zero-order valence-corrected chi connectivity index (χ0v) is 6.37. The van der Waals surface area contributed by atoms with E-state index >= 15 is 0 Å². The monoisotopic (exact) mass is 146 g/mol. The smallest absolute Gasteiger partial charge is 0.306 e. The van der Waals surface area contributed by atoms with Gasteiger partial charge in [0, 0.05) is 6.61 Å². The van der Waals surface area contributed by atoms with Crippen molar-refractivity contribution in [2.24, 2.45) is 11.8 Å². The molecule has 2 atom stereocenters. The second-order valence-electron chi connectivity index (χ2n) is 2.76. The number of hydrogen-bond donors (Lipinski definition) is 2. The molecule has 0 heterocycles. The van der Waals surface area contributed by atoms with Gasteiger partial charge in [0.1, 0.15) is 0 Å². The van der Waals surface area contributed by atoms with Crippen LogP contribution in [0, 0.1) is 11.8 Å². The number of aliphatic carboxylic acids is 1. The first-order valence-corrected chi connectivity index (χ1v) is 3.41. The van der Waals surface area contributed by atoms with Crippen LogP contribution in [0.1, 0.15) is 20.3 Å². The van der Waals surface area contributed by atoms with E-state index in [1.165, 1.54) is 0 Å². The number of carboxylic acid groups (broad SMARTS) is 1. The lowest BCUT2D eigenvalue weighted by atomic mass is 9.98. The fourth-order valence-corrected chi connectivity index (χ4v) is 0.779. The fraction of sp³-hybridized carbons (Fsp3) is 0.857. The van der Waals surface area contributed by atoms with Crippen LogP contribution in [-0.2, 0) is 4.79 Å². The summed E-state index contributed by atoms with van der Waals surface area (Å²) in [5.41, 5.74) is 0. The Labute approximate surface area is 60.7 Å². The summed E-state index contributed by atoms with van der Waals surface area (Å²) in [5.74, 6) is -1.05. The molecular formula is C7H14O3. The molecule has 0 spiro atoms. The Morgan fingerprint density at radius 2 is 2.00 bits per heavy atom. The predicted molar refractivity (Wildman–Crippen MR) is 37.7 cm³/mol. The van der Waals surface area contributed by atoms with Crippen molar-refractivity contribution in [3.05, 3.63) is 0 Å². The molecule has 0 radical (unpaired) electrons. The first-order chi connectivity index (χ1) is 4.57. The van der Waals surface area contributed by atoms with E-state index in [-0.39, 0.29) is 18.4 Å². The van der Waals surface area contributed by atoms with Crippen molar-refractivity contribution in [1.82, 2.24) is 0 Å². The number of carbonyl (C=O) groups is 1. The second kappa shape index (κ2) is 4.28. The number of hydrogen-bond acceptors (Lipinski definition) is 2. The molecule has 0 aromatic carbocycles. The molecule has 0 bridgehead atoms. The van der Waals surface area contributed by atoms with Crippen LogP contribution in [0.25, 0.3) is 0 Å². The highest BCUT2D eigenvalue weighted by atomic mass is 16.4. The zero-order chi connectivity index (χ0) is 8.15. The summed E-state index contributed by atoms with van der Waals surface area (Å²) in [6, 6.07) is 0. The van der Waals surface area contributed by atoms with Crippen LogP contribution in [-0.4, -0.2) is 22.8 Å². The third kappa shape index (κ3) is 3.45. The summed E-state index contributed by atoms with van der Waals surface area (Å²) in [4.78, 5) is 10.3.